The molecule has 0 radical (unpaired) electrons. The van der Waals surface area contributed by atoms with Crippen LogP contribution >= 0.6 is 0 Å². The summed E-state index contributed by atoms with van der Waals surface area (Å²) in [5.41, 5.74) is 0.216. The third-order valence-electron chi connectivity index (χ3n) is 1.73. The fraction of sp³-hybridized carbons (Fsp3) is 0.444. The zero-order valence-electron chi connectivity index (χ0n) is 7.20. The van der Waals surface area contributed by atoms with Crippen molar-refractivity contribution in [3.63, 3.8) is 0 Å². The van der Waals surface area contributed by atoms with Crippen molar-refractivity contribution in [1.82, 2.24) is 0 Å². The van der Waals surface area contributed by atoms with Crippen LogP contribution in [-0.2, 0) is 6.42 Å². The second kappa shape index (κ2) is 3.54. The van der Waals surface area contributed by atoms with Crippen LogP contribution in [0.5, 0.6) is 0 Å². The highest BCUT2D eigenvalue weighted by atomic mass is 16.3. The van der Waals surface area contributed by atoms with Gasteiger partial charge in [-0.1, -0.05) is 6.92 Å². The first-order valence-corrected chi connectivity index (χ1v) is 3.95. The Balaban J connectivity index is 3.30. The predicted octanol–water partition coefficient (Wildman–Crippen LogP) is 1.26. The number of aryl methyl sites for hydroxylation is 1. The summed E-state index contributed by atoms with van der Waals surface area (Å²) in [6.45, 7) is 3.44. The van der Waals surface area contributed by atoms with Crippen molar-refractivity contribution >= 4 is 0 Å². The minimum atomic E-state index is -0.752. The summed E-state index contributed by atoms with van der Waals surface area (Å²) in [4.78, 5) is 11.2. The third-order valence-corrected chi connectivity index (χ3v) is 1.73. The molecule has 1 aromatic heterocycles. The van der Waals surface area contributed by atoms with Gasteiger partial charge >= 0.3 is 0 Å². The number of rotatable bonds is 2. The summed E-state index contributed by atoms with van der Waals surface area (Å²) < 4.78 is 5.09. The van der Waals surface area contributed by atoms with Crippen molar-refractivity contribution in [2.24, 2.45) is 0 Å². The van der Waals surface area contributed by atoms with E-state index in [0.29, 0.717) is 17.7 Å². The quantitative estimate of drug-likeness (QED) is 0.723. The van der Waals surface area contributed by atoms with Gasteiger partial charge in [-0.25, -0.2) is 0 Å². The minimum absolute atomic E-state index is 0.159. The van der Waals surface area contributed by atoms with Crippen molar-refractivity contribution in [1.29, 1.82) is 0 Å². The SMILES string of the molecule is CCc1occc(=O)c1C(C)O. The molecule has 12 heavy (non-hydrogen) atoms. The molecule has 1 atom stereocenters. The van der Waals surface area contributed by atoms with Crippen molar-refractivity contribution in [3.05, 3.63) is 33.9 Å². The average Bonchev–Trinajstić information content (AvgIpc) is 2.03. The topological polar surface area (TPSA) is 50.4 Å². The summed E-state index contributed by atoms with van der Waals surface area (Å²) in [5, 5.41) is 9.26. The maximum absolute atomic E-state index is 11.2. The molecule has 0 spiro atoms. The van der Waals surface area contributed by atoms with Crippen LogP contribution in [-0.4, -0.2) is 5.11 Å². The second-order valence-electron chi connectivity index (χ2n) is 2.65. The van der Waals surface area contributed by atoms with Gasteiger partial charge in [-0.05, 0) is 6.92 Å². The van der Waals surface area contributed by atoms with E-state index in [-0.39, 0.29) is 5.43 Å². The Hall–Kier alpha value is -1.09. The first-order valence-electron chi connectivity index (χ1n) is 3.95. The lowest BCUT2D eigenvalue weighted by Gasteiger charge is -2.06. The van der Waals surface area contributed by atoms with Gasteiger partial charge in [-0.3, -0.25) is 4.79 Å². The maximum atomic E-state index is 11.2. The van der Waals surface area contributed by atoms with E-state index < -0.39 is 6.10 Å². The molecule has 0 bridgehead atoms. The van der Waals surface area contributed by atoms with Gasteiger partial charge in [0.25, 0.3) is 0 Å². The zero-order valence-corrected chi connectivity index (χ0v) is 7.20. The van der Waals surface area contributed by atoms with Crippen molar-refractivity contribution in [2.45, 2.75) is 26.4 Å². The minimum Gasteiger partial charge on any atom is -0.469 e. The molecule has 1 unspecified atom stereocenters. The van der Waals surface area contributed by atoms with Crippen LogP contribution in [0.4, 0.5) is 0 Å². The highest BCUT2D eigenvalue weighted by Crippen LogP contribution is 2.13. The van der Waals surface area contributed by atoms with Crippen LogP contribution in [0.2, 0.25) is 0 Å². The molecule has 0 aliphatic carbocycles. The van der Waals surface area contributed by atoms with Gasteiger partial charge in [0.15, 0.2) is 5.43 Å². The first-order chi connectivity index (χ1) is 5.66. The summed E-state index contributed by atoms with van der Waals surface area (Å²) in [6, 6.07) is 1.32. The molecule has 3 heteroatoms. The van der Waals surface area contributed by atoms with Gasteiger partial charge < -0.3 is 9.52 Å². The van der Waals surface area contributed by atoms with Crippen LogP contribution < -0.4 is 5.43 Å². The lowest BCUT2D eigenvalue weighted by atomic mass is 10.1. The van der Waals surface area contributed by atoms with Gasteiger partial charge in [0.2, 0.25) is 0 Å². The van der Waals surface area contributed by atoms with Crippen LogP contribution in [0.3, 0.4) is 0 Å². The Morgan fingerprint density at radius 3 is 2.75 bits per heavy atom. The molecule has 1 aromatic rings. The maximum Gasteiger partial charge on any atom is 0.190 e. The van der Waals surface area contributed by atoms with E-state index in [9.17, 15) is 9.90 Å². The largest absolute Gasteiger partial charge is 0.469 e. The molecule has 3 nitrogen and oxygen atoms in total. The van der Waals surface area contributed by atoms with Crippen LogP contribution in [0, 0.1) is 0 Å². The molecule has 1 rings (SSSR count). The van der Waals surface area contributed by atoms with Crippen LogP contribution in [0.1, 0.15) is 31.3 Å². The average molecular weight is 168 g/mol. The smallest absolute Gasteiger partial charge is 0.190 e. The van der Waals surface area contributed by atoms with E-state index in [0.717, 1.165) is 0 Å². The standard InChI is InChI=1S/C9H12O3/c1-3-8-9(6(2)10)7(11)4-5-12-8/h4-6,10H,3H2,1-2H3. The Morgan fingerprint density at radius 1 is 1.67 bits per heavy atom. The van der Waals surface area contributed by atoms with E-state index in [4.69, 9.17) is 4.42 Å². The molecule has 0 fully saturated rings. The Kier molecular flexibility index (Phi) is 2.65. The van der Waals surface area contributed by atoms with E-state index in [1.165, 1.54) is 12.3 Å². The normalized spacial score (nSPS) is 12.9. The van der Waals surface area contributed by atoms with Gasteiger partial charge in [0.1, 0.15) is 5.76 Å². The molecule has 1 N–H and O–H groups in total. The van der Waals surface area contributed by atoms with Crippen molar-refractivity contribution in [3.8, 4) is 0 Å². The van der Waals surface area contributed by atoms with Crippen molar-refractivity contribution in [2.75, 3.05) is 0 Å². The molecule has 0 aliphatic rings. The number of aliphatic hydroxyl groups is 1. The van der Waals surface area contributed by atoms with E-state index in [2.05, 4.69) is 0 Å². The molecule has 0 saturated heterocycles. The van der Waals surface area contributed by atoms with E-state index in [1.807, 2.05) is 6.92 Å². The molecular formula is C9H12O3. The Morgan fingerprint density at radius 2 is 2.33 bits per heavy atom. The number of hydrogen-bond acceptors (Lipinski definition) is 3. The zero-order chi connectivity index (χ0) is 9.14. The molecule has 0 amide bonds. The summed E-state index contributed by atoms with van der Waals surface area (Å²) in [6.07, 6.45) is 1.22. The van der Waals surface area contributed by atoms with Crippen LogP contribution in [0.25, 0.3) is 0 Å². The third kappa shape index (κ3) is 1.56. The number of aliphatic hydroxyl groups excluding tert-OH is 1. The fourth-order valence-electron chi connectivity index (χ4n) is 1.18. The van der Waals surface area contributed by atoms with Gasteiger partial charge in [-0.15, -0.1) is 0 Å². The van der Waals surface area contributed by atoms with E-state index in [1.54, 1.807) is 6.92 Å². The van der Waals surface area contributed by atoms with Crippen LogP contribution in [0.15, 0.2) is 21.5 Å². The molecule has 66 valence electrons. The van der Waals surface area contributed by atoms with E-state index >= 15 is 0 Å². The summed E-state index contributed by atoms with van der Waals surface area (Å²) >= 11 is 0. The Bertz CT molecular complexity index is 312. The van der Waals surface area contributed by atoms with Gasteiger partial charge in [-0.2, -0.15) is 0 Å². The first kappa shape index (κ1) is 9.00. The highest BCUT2D eigenvalue weighted by molar-refractivity contribution is 5.19. The van der Waals surface area contributed by atoms with Crippen molar-refractivity contribution < 1.29 is 9.52 Å². The number of hydrogen-bond donors (Lipinski definition) is 1. The Labute approximate surface area is 70.7 Å². The second-order valence-corrected chi connectivity index (χ2v) is 2.65. The monoisotopic (exact) mass is 168 g/mol. The lowest BCUT2D eigenvalue weighted by Crippen LogP contribution is -2.13. The fourth-order valence-corrected chi connectivity index (χ4v) is 1.18. The lowest BCUT2D eigenvalue weighted by molar-refractivity contribution is 0.192. The summed E-state index contributed by atoms with van der Waals surface area (Å²) in [7, 11) is 0. The molecular weight excluding hydrogens is 156 g/mol. The highest BCUT2D eigenvalue weighted by Gasteiger charge is 2.11. The van der Waals surface area contributed by atoms with Gasteiger partial charge in [0, 0.05) is 12.5 Å². The molecule has 1 heterocycles. The molecule has 0 saturated carbocycles. The molecule has 0 aliphatic heterocycles. The molecule has 0 aromatic carbocycles. The summed E-state index contributed by atoms with van der Waals surface area (Å²) in [5.74, 6) is 0.567. The predicted molar refractivity (Wildman–Crippen MR) is 45.0 cm³/mol. The van der Waals surface area contributed by atoms with Gasteiger partial charge in [0.05, 0.1) is 17.9 Å².